The molecule has 0 radical (unpaired) electrons. The van der Waals surface area contributed by atoms with Gasteiger partial charge in [0.2, 0.25) is 0 Å². The standard InChI is InChI=1S/C25H27NO4/c1-16(2)28-20-11-9-18-13-17-7-5-6-8-21(17)25(27)30-22-12-10-19(26(3)4)14-24(22)29-23(18)15-20/h5-9,11-12,14-16,24H,10,13H2,1-4H3. The van der Waals surface area contributed by atoms with Crippen LogP contribution >= 0.6 is 0 Å². The van der Waals surface area contributed by atoms with Gasteiger partial charge in [-0.3, -0.25) is 0 Å². The molecule has 5 heteroatoms. The fourth-order valence-corrected chi connectivity index (χ4v) is 3.68. The molecular formula is C25H27NO4. The van der Waals surface area contributed by atoms with Gasteiger partial charge in [0.05, 0.1) is 11.7 Å². The molecule has 0 saturated carbocycles. The molecular weight excluding hydrogens is 378 g/mol. The number of benzene rings is 2. The van der Waals surface area contributed by atoms with E-state index in [0.29, 0.717) is 24.2 Å². The summed E-state index contributed by atoms with van der Waals surface area (Å²) in [4.78, 5) is 15.0. The number of esters is 1. The average molecular weight is 405 g/mol. The number of hydrogen-bond acceptors (Lipinski definition) is 5. The summed E-state index contributed by atoms with van der Waals surface area (Å²) in [5.74, 6) is 1.65. The Morgan fingerprint density at radius 3 is 2.67 bits per heavy atom. The Kier molecular flexibility index (Phi) is 5.53. The van der Waals surface area contributed by atoms with E-state index in [1.54, 1.807) is 0 Å². The predicted molar refractivity (Wildman–Crippen MR) is 116 cm³/mol. The highest BCUT2D eigenvalue weighted by Crippen LogP contribution is 2.34. The van der Waals surface area contributed by atoms with E-state index in [1.807, 2.05) is 87.5 Å². The molecule has 1 aliphatic carbocycles. The van der Waals surface area contributed by atoms with E-state index < -0.39 is 6.10 Å². The molecule has 2 aromatic rings. The topological polar surface area (TPSA) is 48.0 Å². The van der Waals surface area contributed by atoms with Crippen LogP contribution in [0.25, 0.3) is 0 Å². The van der Waals surface area contributed by atoms with Gasteiger partial charge < -0.3 is 19.1 Å². The third kappa shape index (κ3) is 4.20. The number of allylic oxidation sites excluding steroid dienone is 1. The zero-order valence-corrected chi connectivity index (χ0v) is 17.8. The van der Waals surface area contributed by atoms with Crippen molar-refractivity contribution in [1.29, 1.82) is 0 Å². The first-order valence-corrected chi connectivity index (χ1v) is 10.2. The van der Waals surface area contributed by atoms with Gasteiger partial charge in [-0.1, -0.05) is 24.3 Å². The van der Waals surface area contributed by atoms with Crippen molar-refractivity contribution in [1.82, 2.24) is 4.90 Å². The predicted octanol–water partition coefficient (Wildman–Crippen LogP) is 4.72. The van der Waals surface area contributed by atoms with E-state index >= 15 is 0 Å². The molecule has 1 unspecified atom stereocenters. The lowest BCUT2D eigenvalue weighted by Gasteiger charge is -2.28. The number of ether oxygens (including phenoxy) is 3. The summed E-state index contributed by atoms with van der Waals surface area (Å²) >= 11 is 0. The lowest BCUT2D eigenvalue weighted by molar-refractivity contribution is 0.0548. The van der Waals surface area contributed by atoms with E-state index in [4.69, 9.17) is 14.2 Å². The van der Waals surface area contributed by atoms with Gasteiger partial charge in [0.1, 0.15) is 17.3 Å². The first kappa shape index (κ1) is 20.1. The third-order valence-corrected chi connectivity index (χ3v) is 5.20. The molecule has 0 N–H and O–H groups in total. The summed E-state index contributed by atoms with van der Waals surface area (Å²) in [6.07, 6.45) is 4.76. The van der Waals surface area contributed by atoms with Gasteiger partial charge in [0, 0.05) is 38.7 Å². The van der Waals surface area contributed by atoms with E-state index in [0.717, 1.165) is 28.3 Å². The van der Waals surface area contributed by atoms with Crippen molar-refractivity contribution in [3.8, 4) is 11.5 Å². The lowest BCUT2D eigenvalue weighted by Crippen LogP contribution is -2.28. The Morgan fingerprint density at radius 1 is 1.10 bits per heavy atom. The lowest BCUT2D eigenvalue weighted by atomic mass is 9.98. The molecule has 0 fully saturated rings. The molecule has 0 aromatic heterocycles. The Hall–Kier alpha value is -3.21. The molecule has 4 rings (SSSR count). The minimum atomic E-state index is -0.488. The molecule has 1 atom stereocenters. The van der Waals surface area contributed by atoms with Gasteiger partial charge in [-0.15, -0.1) is 0 Å². The van der Waals surface area contributed by atoms with Crippen molar-refractivity contribution in [2.24, 2.45) is 0 Å². The van der Waals surface area contributed by atoms with Crippen molar-refractivity contribution < 1.29 is 19.0 Å². The third-order valence-electron chi connectivity index (χ3n) is 5.20. The second-order valence-corrected chi connectivity index (χ2v) is 8.06. The number of carbonyl (C=O) groups is 1. The largest absolute Gasteiger partial charge is 0.491 e. The minimum absolute atomic E-state index is 0.0645. The van der Waals surface area contributed by atoms with Crippen LogP contribution in [0.3, 0.4) is 0 Å². The summed E-state index contributed by atoms with van der Waals surface area (Å²) in [6.45, 7) is 3.99. The summed E-state index contributed by atoms with van der Waals surface area (Å²) in [5, 5.41) is 0. The fourth-order valence-electron chi connectivity index (χ4n) is 3.68. The maximum atomic E-state index is 12.9. The molecule has 0 saturated heterocycles. The van der Waals surface area contributed by atoms with E-state index in [2.05, 4.69) is 0 Å². The highest BCUT2D eigenvalue weighted by Gasteiger charge is 2.27. The van der Waals surface area contributed by atoms with Gasteiger partial charge in [0.25, 0.3) is 0 Å². The first-order valence-electron chi connectivity index (χ1n) is 10.2. The summed E-state index contributed by atoms with van der Waals surface area (Å²) in [5.41, 5.74) is 3.59. The van der Waals surface area contributed by atoms with E-state index in [-0.39, 0.29) is 12.1 Å². The summed E-state index contributed by atoms with van der Waals surface area (Å²) < 4.78 is 18.1. The van der Waals surface area contributed by atoms with Crippen LogP contribution in [0.15, 0.2) is 66.1 Å². The van der Waals surface area contributed by atoms with Gasteiger partial charge in [0.15, 0.2) is 6.10 Å². The number of rotatable bonds is 3. The van der Waals surface area contributed by atoms with Crippen LogP contribution in [0.4, 0.5) is 0 Å². The quantitative estimate of drug-likeness (QED) is 0.692. The second kappa shape index (κ2) is 8.27. The van der Waals surface area contributed by atoms with Crippen LogP contribution in [0.5, 0.6) is 11.5 Å². The smallest absolute Gasteiger partial charge is 0.343 e. The van der Waals surface area contributed by atoms with Crippen molar-refractivity contribution >= 4 is 5.97 Å². The Bertz CT molecular complexity index is 1020. The molecule has 1 heterocycles. The van der Waals surface area contributed by atoms with Crippen LogP contribution in [0.1, 0.15) is 41.8 Å². The number of nitrogens with zero attached hydrogens (tertiary/aromatic N) is 1. The van der Waals surface area contributed by atoms with Crippen molar-refractivity contribution in [2.75, 3.05) is 14.1 Å². The Balaban J connectivity index is 1.81. The molecule has 0 spiro atoms. The average Bonchev–Trinajstić information content (AvgIpc) is 2.70. The van der Waals surface area contributed by atoms with Crippen molar-refractivity contribution in [3.05, 3.63) is 82.8 Å². The second-order valence-electron chi connectivity index (χ2n) is 8.06. The number of fused-ring (bicyclic) bond motifs is 3. The summed E-state index contributed by atoms with van der Waals surface area (Å²) in [7, 11) is 3.99. The van der Waals surface area contributed by atoms with Crippen LogP contribution in [-0.2, 0) is 11.2 Å². The minimum Gasteiger partial charge on any atom is -0.491 e. The van der Waals surface area contributed by atoms with Crippen LogP contribution < -0.4 is 9.47 Å². The van der Waals surface area contributed by atoms with Crippen LogP contribution in [0, 0.1) is 0 Å². The van der Waals surface area contributed by atoms with Crippen LogP contribution in [-0.4, -0.2) is 37.2 Å². The normalized spacial score (nSPS) is 18.0. The van der Waals surface area contributed by atoms with Gasteiger partial charge >= 0.3 is 5.97 Å². The van der Waals surface area contributed by atoms with Gasteiger partial charge in [-0.2, -0.15) is 0 Å². The van der Waals surface area contributed by atoms with Gasteiger partial charge in [-0.05, 0) is 49.3 Å². The highest BCUT2D eigenvalue weighted by atomic mass is 16.6. The monoisotopic (exact) mass is 405 g/mol. The fraction of sp³-hybridized carbons (Fsp3) is 0.320. The SMILES string of the molecule is CC(C)Oc1ccc2c(c1)OC1C=C(N(C)C)CC=C1OC(=O)c1ccccc1C2. The van der Waals surface area contributed by atoms with Gasteiger partial charge in [-0.25, -0.2) is 4.79 Å². The molecule has 0 bridgehead atoms. The van der Waals surface area contributed by atoms with Crippen molar-refractivity contribution in [2.45, 2.75) is 38.9 Å². The molecule has 1 aliphatic heterocycles. The molecule has 30 heavy (non-hydrogen) atoms. The first-order chi connectivity index (χ1) is 14.4. The summed E-state index contributed by atoms with van der Waals surface area (Å²) in [6, 6.07) is 13.5. The zero-order valence-electron chi connectivity index (χ0n) is 17.8. The molecule has 156 valence electrons. The molecule has 2 aliphatic rings. The maximum absolute atomic E-state index is 12.9. The Morgan fingerprint density at radius 2 is 1.90 bits per heavy atom. The van der Waals surface area contributed by atoms with Crippen molar-refractivity contribution in [3.63, 3.8) is 0 Å². The molecule has 0 amide bonds. The highest BCUT2D eigenvalue weighted by molar-refractivity contribution is 5.92. The zero-order chi connectivity index (χ0) is 21.3. The maximum Gasteiger partial charge on any atom is 0.343 e. The van der Waals surface area contributed by atoms with Crippen LogP contribution in [0.2, 0.25) is 0 Å². The van der Waals surface area contributed by atoms with E-state index in [1.165, 1.54) is 0 Å². The molecule has 2 aromatic carbocycles. The molecule has 5 nitrogen and oxygen atoms in total. The number of carbonyl (C=O) groups excluding carboxylic acids is 1. The Labute approximate surface area is 177 Å². The van der Waals surface area contributed by atoms with E-state index in [9.17, 15) is 4.79 Å². The number of hydrogen-bond donors (Lipinski definition) is 0.